The van der Waals surface area contributed by atoms with Crippen molar-refractivity contribution in [3.05, 3.63) is 28.1 Å². The zero-order valence-corrected chi connectivity index (χ0v) is 13.5. The molecule has 0 atom stereocenters. The van der Waals surface area contributed by atoms with Gasteiger partial charge >= 0.3 is 0 Å². The lowest BCUT2D eigenvalue weighted by Gasteiger charge is -2.44. The standard InChI is InChI=1S/C14H18IN5/c15-14-18-13(12-9-17-3-6-20(12)14)10-7-11(8-10)19-4-1-16-2-5-19/h3,6,9-11,16H,1-2,4-5,7-8H2. The Labute approximate surface area is 131 Å². The highest BCUT2D eigenvalue weighted by Gasteiger charge is 2.37. The van der Waals surface area contributed by atoms with E-state index in [1.807, 2.05) is 18.6 Å². The fraction of sp³-hybridized carbons (Fsp3) is 0.571. The topological polar surface area (TPSA) is 45.5 Å². The van der Waals surface area contributed by atoms with Gasteiger partial charge in [-0.1, -0.05) is 0 Å². The van der Waals surface area contributed by atoms with E-state index >= 15 is 0 Å². The van der Waals surface area contributed by atoms with Gasteiger partial charge in [-0.05, 0) is 12.8 Å². The maximum Gasteiger partial charge on any atom is 0.176 e. The van der Waals surface area contributed by atoms with E-state index in [2.05, 4.69) is 42.2 Å². The van der Waals surface area contributed by atoms with Crippen LogP contribution < -0.4 is 5.32 Å². The minimum atomic E-state index is 0.609. The van der Waals surface area contributed by atoms with Gasteiger partial charge in [0.2, 0.25) is 0 Å². The van der Waals surface area contributed by atoms with Crippen molar-refractivity contribution in [2.75, 3.05) is 26.2 Å². The van der Waals surface area contributed by atoms with Gasteiger partial charge in [0.1, 0.15) is 0 Å². The first-order valence-corrected chi connectivity index (χ1v) is 8.33. The van der Waals surface area contributed by atoms with Gasteiger partial charge in [0, 0.05) is 73.1 Å². The molecule has 20 heavy (non-hydrogen) atoms. The molecule has 0 unspecified atom stereocenters. The third-order valence-electron chi connectivity index (χ3n) is 4.60. The summed E-state index contributed by atoms with van der Waals surface area (Å²) >= 11 is 2.31. The highest BCUT2D eigenvalue weighted by atomic mass is 127. The molecule has 2 aliphatic rings. The van der Waals surface area contributed by atoms with Crippen LogP contribution in [0, 0.1) is 3.83 Å². The first-order chi connectivity index (χ1) is 9.83. The van der Waals surface area contributed by atoms with Crippen LogP contribution in [0.25, 0.3) is 5.52 Å². The highest BCUT2D eigenvalue weighted by Crippen LogP contribution is 2.41. The molecule has 2 aromatic rings. The van der Waals surface area contributed by atoms with Crippen molar-refractivity contribution in [1.82, 2.24) is 24.6 Å². The summed E-state index contributed by atoms with van der Waals surface area (Å²) in [5.41, 5.74) is 2.43. The van der Waals surface area contributed by atoms with Crippen molar-refractivity contribution in [3.63, 3.8) is 0 Å². The molecule has 106 valence electrons. The molecule has 4 rings (SSSR count). The number of hydrogen-bond acceptors (Lipinski definition) is 4. The molecular formula is C14H18IN5. The van der Waals surface area contributed by atoms with Crippen LogP contribution in [0.15, 0.2) is 18.6 Å². The number of aromatic nitrogens is 3. The van der Waals surface area contributed by atoms with Crippen molar-refractivity contribution in [2.45, 2.75) is 24.8 Å². The number of piperazine rings is 1. The van der Waals surface area contributed by atoms with E-state index in [1.54, 1.807) is 0 Å². The third-order valence-corrected chi connectivity index (χ3v) is 5.36. The second-order valence-electron chi connectivity index (χ2n) is 5.71. The van der Waals surface area contributed by atoms with Gasteiger partial charge < -0.3 is 5.32 Å². The molecule has 0 amide bonds. The zero-order valence-electron chi connectivity index (χ0n) is 11.3. The van der Waals surface area contributed by atoms with E-state index in [4.69, 9.17) is 4.98 Å². The lowest BCUT2D eigenvalue weighted by molar-refractivity contribution is 0.0948. The van der Waals surface area contributed by atoms with Crippen molar-refractivity contribution >= 4 is 28.1 Å². The Hall–Kier alpha value is -0.730. The third kappa shape index (κ3) is 2.14. The lowest BCUT2D eigenvalue weighted by Crippen LogP contribution is -2.52. The second-order valence-corrected chi connectivity index (χ2v) is 6.67. The molecule has 0 radical (unpaired) electrons. The predicted molar refractivity (Wildman–Crippen MR) is 85.9 cm³/mol. The molecule has 1 saturated heterocycles. The molecule has 0 spiro atoms. The van der Waals surface area contributed by atoms with E-state index in [1.165, 1.54) is 37.1 Å². The van der Waals surface area contributed by atoms with Crippen molar-refractivity contribution in [2.24, 2.45) is 0 Å². The molecule has 3 heterocycles. The fourth-order valence-corrected chi connectivity index (χ4v) is 4.06. The van der Waals surface area contributed by atoms with E-state index in [9.17, 15) is 0 Å². The number of halogens is 1. The average Bonchev–Trinajstić information content (AvgIpc) is 2.77. The van der Waals surface area contributed by atoms with Gasteiger partial charge in [0.15, 0.2) is 3.83 Å². The Morgan fingerprint density at radius 3 is 2.85 bits per heavy atom. The van der Waals surface area contributed by atoms with Crippen LogP contribution in [0.3, 0.4) is 0 Å². The van der Waals surface area contributed by atoms with E-state index in [-0.39, 0.29) is 0 Å². The summed E-state index contributed by atoms with van der Waals surface area (Å²) < 4.78 is 3.18. The molecule has 2 fully saturated rings. The van der Waals surface area contributed by atoms with Crippen LogP contribution in [-0.2, 0) is 0 Å². The van der Waals surface area contributed by atoms with Crippen LogP contribution in [0.2, 0.25) is 0 Å². The summed E-state index contributed by atoms with van der Waals surface area (Å²) in [4.78, 5) is 11.7. The number of fused-ring (bicyclic) bond motifs is 1. The molecular weight excluding hydrogens is 365 g/mol. The number of nitrogens with one attached hydrogen (secondary N) is 1. The summed E-state index contributed by atoms with van der Waals surface area (Å²) in [6.45, 7) is 4.66. The van der Waals surface area contributed by atoms with Crippen molar-refractivity contribution in [1.29, 1.82) is 0 Å². The number of hydrogen-bond donors (Lipinski definition) is 1. The highest BCUT2D eigenvalue weighted by molar-refractivity contribution is 14.1. The Kier molecular flexibility index (Phi) is 3.39. The van der Waals surface area contributed by atoms with Gasteiger partial charge in [-0.15, -0.1) is 0 Å². The number of imidazole rings is 1. The van der Waals surface area contributed by atoms with Gasteiger partial charge in [0.05, 0.1) is 17.4 Å². The van der Waals surface area contributed by atoms with Gasteiger partial charge in [-0.2, -0.15) is 0 Å². The monoisotopic (exact) mass is 383 g/mol. The SMILES string of the molecule is Ic1nc(C2CC(N3CCNCC3)C2)c2cnccn12. The molecule has 1 aliphatic carbocycles. The molecule has 1 aliphatic heterocycles. The molecule has 0 aromatic carbocycles. The Morgan fingerprint density at radius 1 is 1.25 bits per heavy atom. The molecule has 0 bridgehead atoms. The Morgan fingerprint density at radius 2 is 2.05 bits per heavy atom. The second kappa shape index (κ2) is 5.23. The molecule has 6 heteroatoms. The molecule has 5 nitrogen and oxygen atoms in total. The molecule has 1 saturated carbocycles. The molecule has 1 N–H and O–H groups in total. The summed E-state index contributed by atoms with van der Waals surface area (Å²) in [5.74, 6) is 0.609. The zero-order chi connectivity index (χ0) is 13.5. The van der Waals surface area contributed by atoms with E-state index in [0.29, 0.717) is 5.92 Å². The summed E-state index contributed by atoms with van der Waals surface area (Å²) in [6.07, 6.45) is 8.27. The maximum absolute atomic E-state index is 4.77. The largest absolute Gasteiger partial charge is 0.314 e. The smallest absolute Gasteiger partial charge is 0.176 e. The van der Waals surface area contributed by atoms with Crippen molar-refractivity contribution < 1.29 is 0 Å². The quantitative estimate of drug-likeness (QED) is 0.799. The minimum Gasteiger partial charge on any atom is -0.314 e. The first-order valence-electron chi connectivity index (χ1n) is 7.25. The Bertz CT molecular complexity index is 613. The minimum absolute atomic E-state index is 0.609. The Balaban J connectivity index is 1.52. The van der Waals surface area contributed by atoms with Crippen LogP contribution in [0.1, 0.15) is 24.5 Å². The summed E-state index contributed by atoms with van der Waals surface area (Å²) in [6, 6.07) is 0.758. The molecule has 2 aromatic heterocycles. The number of nitrogens with zero attached hydrogens (tertiary/aromatic N) is 4. The van der Waals surface area contributed by atoms with Crippen LogP contribution in [0.4, 0.5) is 0 Å². The van der Waals surface area contributed by atoms with Crippen LogP contribution in [0.5, 0.6) is 0 Å². The average molecular weight is 383 g/mol. The van der Waals surface area contributed by atoms with E-state index in [0.717, 1.165) is 23.0 Å². The summed E-state index contributed by atoms with van der Waals surface area (Å²) in [7, 11) is 0. The normalized spacial score (nSPS) is 27.6. The summed E-state index contributed by atoms with van der Waals surface area (Å²) in [5, 5.41) is 3.42. The van der Waals surface area contributed by atoms with Gasteiger partial charge in [-0.3, -0.25) is 14.3 Å². The van der Waals surface area contributed by atoms with E-state index < -0.39 is 0 Å². The van der Waals surface area contributed by atoms with Gasteiger partial charge in [-0.25, -0.2) is 4.98 Å². The van der Waals surface area contributed by atoms with Crippen LogP contribution >= 0.6 is 22.6 Å². The predicted octanol–water partition coefficient (Wildman–Crippen LogP) is 1.49. The number of rotatable bonds is 2. The fourth-order valence-electron chi connectivity index (χ4n) is 3.38. The van der Waals surface area contributed by atoms with Crippen LogP contribution in [-0.4, -0.2) is 51.5 Å². The van der Waals surface area contributed by atoms with Crippen molar-refractivity contribution in [3.8, 4) is 0 Å². The first kappa shape index (κ1) is 13.0. The van der Waals surface area contributed by atoms with Gasteiger partial charge in [0.25, 0.3) is 0 Å². The lowest BCUT2D eigenvalue weighted by atomic mass is 9.77. The maximum atomic E-state index is 4.77.